The third-order valence-corrected chi connectivity index (χ3v) is 7.52. The Kier molecular flexibility index (Phi) is 4.16. The molecule has 0 saturated heterocycles. The summed E-state index contributed by atoms with van der Waals surface area (Å²) in [5, 5.41) is 14.4. The molecule has 1 aromatic heterocycles. The van der Waals surface area contributed by atoms with Crippen molar-refractivity contribution in [2.24, 2.45) is 17.8 Å². The van der Waals surface area contributed by atoms with Crippen molar-refractivity contribution < 1.29 is 4.79 Å². The van der Waals surface area contributed by atoms with E-state index >= 15 is 0 Å². The van der Waals surface area contributed by atoms with Gasteiger partial charge in [0, 0.05) is 10.9 Å². The van der Waals surface area contributed by atoms with Crippen LogP contribution in [0, 0.1) is 17.8 Å². The minimum Gasteiger partial charge on any atom is -0.378 e. The average molecular weight is 415 g/mol. The van der Waals surface area contributed by atoms with Crippen LogP contribution in [0.4, 0.5) is 11.4 Å². The Balaban J connectivity index is 1.30. The lowest BCUT2D eigenvalue weighted by atomic mass is 9.53. The lowest BCUT2D eigenvalue weighted by Crippen LogP contribution is -2.54. The third-order valence-electron chi connectivity index (χ3n) is 7.52. The molecule has 0 radical (unpaired) electrons. The lowest BCUT2D eigenvalue weighted by molar-refractivity contribution is 0.0107. The first kappa shape index (κ1) is 18.6. The Labute approximate surface area is 180 Å². The van der Waals surface area contributed by atoms with Crippen molar-refractivity contribution in [1.29, 1.82) is 0 Å². The molecule has 4 aliphatic rings. The predicted octanol–water partition coefficient (Wildman–Crippen LogP) is 4.56. The van der Waals surface area contributed by atoms with Crippen LogP contribution in [-0.2, 0) is 0 Å². The van der Waals surface area contributed by atoms with Crippen LogP contribution in [0.1, 0.15) is 49.0 Å². The maximum absolute atomic E-state index is 13.1. The number of fused-ring (bicyclic) bond motifs is 1. The number of benzene rings is 2. The molecule has 1 heterocycles. The van der Waals surface area contributed by atoms with Gasteiger partial charge in [-0.2, -0.15) is 5.10 Å². The first-order valence-electron chi connectivity index (χ1n) is 11.2. The van der Waals surface area contributed by atoms with E-state index in [1.54, 1.807) is 18.2 Å². The van der Waals surface area contributed by atoms with E-state index in [9.17, 15) is 9.59 Å². The number of H-pyrrole nitrogens is 1. The summed E-state index contributed by atoms with van der Waals surface area (Å²) in [5.74, 6) is 2.21. The predicted molar refractivity (Wildman–Crippen MR) is 121 cm³/mol. The summed E-state index contributed by atoms with van der Waals surface area (Å²) in [6.45, 7) is 0. The van der Waals surface area contributed by atoms with Gasteiger partial charge in [0.15, 0.2) is 5.69 Å². The SMILES string of the molecule is O=C(Nc1ccccc1NC12CC3CC(CC(C3)C1)C2)c1n[nH]c(=O)c2ccccc12. The summed E-state index contributed by atoms with van der Waals surface area (Å²) in [6, 6.07) is 15.0. The quantitative estimate of drug-likeness (QED) is 0.584. The van der Waals surface area contributed by atoms with Crippen LogP contribution in [0.2, 0.25) is 0 Å². The second kappa shape index (κ2) is 6.94. The number of para-hydroxylation sites is 2. The van der Waals surface area contributed by atoms with Crippen LogP contribution < -0.4 is 16.2 Å². The van der Waals surface area contributed by atoms with Gasteiger partial charge in [0.25, 0.3) is 11.5 Å². The molecule has 0 unspecified atom stereocenters. The minimum absolute atomic E-state index is 0.151. The largest absolute Gasteiger partial charge is 0.378 e. The first-order valence-corrected chi connectivity index (χ1v) is 11.2. The maximum atomic E-state index is 13.1. The molecule has 158 valence electrons. The number of aromatic nitrogens is 2. The number of carbonyl (C=O) groups is 1. The molecular formula is C25H26N4O2. The van der Waals surface area contributed by atoms with E-state index in [4.69, 9.17) is 0 Å². The van der Waals surface area contributed by atoms with Gasteiger partial charge < -0.3 is 10.6 Å². The number of aromatic amines is 1. The number of hydrogen-bond acceptors (Lipinski definition) is 4. The maximum Gasteiger partial charge on any atom is 0.276 e. The van der Waals surface area contributed by atoms with Crippen LogP contribution in [-0.4, -0.2) is 21.6 Å². The second-order valence-electron chi connectivity index (χ2n) is 9.77. The topological polar surface area (TPSA) is 86.9 Å². The van der Waals surface area contributed by atoms with Crippen molar-refractivity contribution in [1.82, 2.24) is 10.2 Å². The molecule has 6 nitrogen and oxygen atoms in total. The van der Waals surface area contributed by atoms with Crippen molar-refractivity contribution >= 4 is 28.1 Å². The van der Waals surface area contributed by atoms with Gasteiger partial charge in [-0.3, -0.25) is 9.59 Å². The van der Waals surface area contributed by atoms with Gasteiger partial charge in [-0.1, -0.05) is 30.3 Å². The highest BCUT2D eigenvalue weighted by Crippen LogP contribution is 2.56. The Morgan fingerprint density at radius 2 is 1.45 bits per heavy atom. The number of nitrogens with zero attached hydrogens (tertiary/aromatic N) is 1. The van der Waals surface area contributed by atoms with Crippen molar-refractivity contribution in [3.63, 3.8) is 0 Å². The molecule has 1 amide bonds. The van der Waals surface area contributed by atoms with Crippen molar-refractivity contribution in [2.75, 3.05) is 10.6 Å². The summed E-state index contributed by atoms with van der Waals surface area (Å²) < 4.78 is 0. The van der Waals surface area contributed by atoms with Gasteiger partial charge in [-0.25, -0.2) is 5.10 Å². The zero-order valence-corrected chi connectivity index (χ0v) is 17.4. The molecule has 7 rings (SSSR count). The molecule has 3 N–H and O–H groups in total. The van der Waals surface area contributed by atoms with E-state index in [0.717, 1.165) is 29.1 Å². The van der Waals surface area contributed by atoms with Crippen molar-refractivity contribution in [3.8, 4) is 0 Å². The molecule has 2 aromatic carbocycles. The fourth-order valence-electron chi connectivity index (χ4n) is 6.72. The van der Waals surface area contributed by atoms with E-state index in [1.165, 1.54) is 38.5 Å². The lowest BCUT2D eigenvalue weighted by Gasteiger charge is -2.57. The molecule has 4 bridgehead atoms. The second-order valence-corrected chi connectivity index (χ2v) is 9.77. The highest BCUT2D eigenvalue weighted by Gasteiger charge is 2.51. The van der Waals surface area contributed by atoms with Crippen LogP contribution in [0.5, 0.6) is 0 Å². The summed E-state index contributed by atoms with van der Waals surface area (Å²) in [7, 11) is 0. The van der Waals surface area contributed by atoms with Gasteiger partial charge in [0.1, 0.15) is 0 Å². The summed E-state index contributed by atoms with van der Waals surface area (Å²) >= 11 is 0. The standard InChI is InChI=1S/C25H26N4O2/c30-23-19-6-2-1-5-18(19)22(28-29-23)24(31)26-20-7-3-4-8-21(20)27-25-12-15-9-16(13-25)11-17(10-15)14-25/h1-8,15-17,27H,9-14H2,(H,26,31)(H,29,30). The Morgan fingerprint density at radius 3 is 2.13 bits per heavy atom. The number of rotatable bonds is 4. The summed E-state index contributed by atoms with van der Waals surface area (Å²) in [6.07, 6.45) is 7.87. The molecule has 31 heavy (non-hydrogen) atoms. The van der Waals surface area contributed by atoms with Gasteiger partial charge in [-0.05, 0) is 74.5 Å². The Hall–Kier alpha value is -3.15. The summed E-state index contributed by atoms with van der Waals surface area (Å²) in [4.78, 5) is 25.2. The molecule has 6 heteroatoms. The average Bonchev–Trinajstić information content (AvgIpc) is 2.74. The molecular weight excluding hydrogens is 388 g/mol. The van der Waals surface area contributed by atoms with Crippen molar-refractivity contribution in [3.05, 3.63) is 64.6 Å². The van der Waals surface area contributed by atoms with Gasteiger partial charge >= 0.3 is 0 Å². The van der Waals surface area contributed by atoms with Crippen LogP contribution >= 0.6 is 0 Å². The van der Waals surface area contributed by atoms with E-state index in [2.05, 4.69) is 20.8 Å². The van der Waals surface area contributed by atoms with E-state index in [0.29, 0.717) is 10.8 Å². The highest BCUT2D eigenvalue weighted by molar-refractivity contribution is 6.12. The normalized spacial score (nSPS) is 28.6. The number of nitrogens with one attached hydrogen (secondary N) is 3. The fraction of sp³-hybridized carbons (Fsp3) is 0.400. The van der Waals surface area contributed by atoms with Gasteiger partial charge in [0.05, 0.1) is 16.8 Å². The minimum atomic E-state index is -0.327. The van der Waals surface area contributed by atoms with Crippen LogP contribution in [0.15, 0.2) is 53.3 Å². The Morgan fingerprint density at radius 1 is 0.871 bits per heavy atom. The molecule has 0 spiro atoms. The number of hydrogen-bond donors (Lipinski definition) is 3. The van der Waals surface area contributed by atoms with Crippen LogP contribution in [0.25, 0.3) is 10.8 Å². The Bertz CT molecular complexity index is 1200. The molecule has 4 saturated carbocycles. The first-order chi connectivity index (χ1) is 15.1. The van der Waals surface area contributed by atoms with Crippen LogP contribution in [0.3, 0.4) is 0 Å². The number of anilines is 2. The van der Waals surface area contributed by atoms with E-state index in [-0.39, 0.29) is 22.7 Å². The smallest absolute Gasteiger partial charge is 0.276 e. The zero-order chi connectivity index (χ0) is 21.0. The molecule has 0 atom stereocenters. The zero-order valence-electron chi connectivity index (χ0n) is 17.4. The molecule has 4 aliphatic carbocycles. The number of amides is 1. The van der Waals surface area contributed by atoms with Gasteiger partial charge in [0.2, 0.25) is 0 Å². The van der Waals surface area contributed by atoms with Gasteiger partial charge in [-0.15, -0.1) is 0 Å². The molecule has 4 fully saturated rings. The molecule has 0 aliphatic heterocycles. The third kappa shape index (κ3) is 3.21. The van der Waals surface area contributed by atoms with Crippen molar-refractivity contribution in [2.45, 2.75) is 44.1 Å². The monoisotopic (exact) mass is 414 g/mol. The highest BCUT2D eigenvalue weighted by atomic mass is 16.2. The fourth-order valence-corrected chi connectivity index (χ4v) is 6.72. The van der Waals surface area contributed by atoms with E-state index < -0.39 is 0 Å². The van der Waals surface area contributed by atoms with E-state index in [1.807, 2.05) is 30.3 Å². The number of carbonyl (C=O) groups excluding carboxylic acids is 1. The summed E-state index contributed by atoms with van der Waals surface area (Å²) in [5.41, 5.74) is 1.79. The molecule has 3 aromatic rings.